The minimum atomic E-state index is 0.781. The second-order valence-corrected chi connectivity index (χ2v) is 5.06. The van der Waals surface area contributed by atoms with Gasteiger partial charge in [0.15, 0.2) is 0 Å². The van der Waals surface area contributed by atoms with Gasteiger partial charge in [0.1, 0.15) is 5.65 Å². The summed E-state index contributed by atoms with van der Waals surface area (Å²) in [5, 5.41) is 4.11. The van der Waals surface area contributed by atoms with Crippen LogP contribution in [0.5, 0.6) is 0 Å². The lowest BCUT2D eigenvalue weighted by Gasteiger charge is -2.10. The molecule has 2 heterocycles. The summed E-state index contributed by atoms with van der Waals surface area (Å²) >= 11 is 6.26. The molecule has 0 fully saturated rings. The third-order valence-corrected chi connectivity index (χ3v) is 3.70. The van der Waals surface area contributed by atoms with Crippen LogP contribution in [0.25, 0.3) is 16.9 Å². The number of fused-ring (bicyclic) bond motifs is 1. The zero-order chi connectivity index (χ0) is 13.9. The van der Waals surface area contributed by atoms with Crippen LogP contribution >= 0.6 is 11.6 Å². The van der Waals surface area contributed by atoms with E-state index in [0.29, 0.717) is 0 Å². The molecule has 0 saturated carbocycles. The first kappa shape index (κ1) is 13.2. The average Bonchev–Trinajstić information content (AvgIpc) is 2.95. The van der Waals surface area contributed by atoms with Crippen molar-refractivity contribution >= 4 is 17.2 Å². The van der Waals surface area contributed by atoms with E-state index in [-0.39, 0.29) is 0 Å². The van der Waals surface area contributed by atoms with E-state index in [1.54, 1.807) is 0 Å². The molecule has 0 atom stereocenters. The van der Waals surface area contributed by atoms with Crippen molar-refractivity contribution in [2.45, 2.75) is 13.5 Å². The Morgan fingerprint density at radius 2 is 2.15 bits per heavy atom. The lowest BCUT2D eigenvalue weighted by Crippen LogP contribution is -2.12. The van der Waals surface area contributed by atoms with Gasteiger partial charge in [0.25, 0.3) is 0 Å². The van der Waals surface area contributed by atoms with Gasteiger partial charge in [-0.15, -0.1) is 0 Å². The summed E-state index contributed by atoms with van der Waals surface area (Å²) in [5.74, 6) is 0. The summed E-state index contributed by atoms with van der Waals surface area (Å²) in [6.07, 6.45) is 3.79. The first-order valence-corrected chi connectivity index (χ1v) is 7.09. The minimum absolute atomic E-state index is 0.781. The summed E-state index contributed by atoms with van der Waals surface area (Å²) in [6, 6.07) is 12.3. The number of nitrogens with one attached hydrogen (secondary N) is 1. The lowest BCUT2D eigenvalue weighted by molar-refractivity contribution is 0.727. The molecule has 1 N–H and O–H groups in total. The quantitative estimate of drug-likeness (QED) is 0.791. The normalized spacial score (nSPS) is 11.1. The summed E-state index contributed by atoms with van der Waals surface area (Å²) in [6.45, 7) is 3.80. The molecule has 102 valence electrons. The van der Waals surface area contributed by atoms with Crippen molar-refractivity contribution in [3.05, 3.63) is 59.4 Å². The minimum Gasteiger partial charge on any atom is -0.313 e. The van der Waals surface area contributed by atoms with Crippen LogP contribution in [-0.2, 0) is 6.54 Å². The molecular formula is C16H16ClN3. The van der Waals surface area contributed by atoms with E-state index in [4.69, 9.17) is 11.6 Å². The molecule has 20 heavy (non-hydrogen) atoms. The van der Waals surface area contributed by atoms with E-state index >= 15 is 0 Å². The van der Waals surface area contributed by atoms with E-state index in [1.807, 2.05) is 36.7 Å². The van der Waals surface area contributed by atoms with Crippen LogP contribution in [-0.4, -0.2) is 15.9 Å². The van der Waals surface area contributed by atoms with Crippen LogP contribution in [0.3, 0.4) is 0 Å². The zero-order valence-corrected chi connectivity index (χ0v) is 12.1. The van der Waals surface area contributed by atoms with Crippen molar-refractivity contribution in [2.75, 3.05) is 6.54 Å². The van der Waals surface area contributed by atoms with Gasteiger partial charge in [-0.25, -0.2) is 4.98 Å². The number of pyridine rings is 1. The molecule has 3 rings (SSSR count). The Bertz CT molecular complexity index is 733. The Labute approximate surface area is 123 Å². The van der Waals surface area contributed by atoms with Gasteiger partial charge in [0.2, 0.25) is 0 Å². The molecule has 0 amide bonds. The molecule has 0 bridgehead atoms. The largest absolute Gasteiger partial charge is 0.313 e. The molecule has 0 aliphatic carbocycles. The number of hydrogen-bond donors (Lipinski definition) is 1. The summed E-state index contributed by atoms with van der Waals surface area (Å²) < 4.78 is 2.08. The van der Waals surface area contributed by atoms with Crippen LogP contribution in [0.15, 0.2) is 48.8 Å². The fraction of sp³-hybridized carbons (Fsp3) is 0.188. The monoisotopic (exact) mass is 285 g/mol. The van der Waals surface area contributed by atoms with Crippen molar-refractivity contribution in [1.82, 2.24) is 14.7 Å². The summed E-state index contributed by atoms with van der Waals surface area (Å²) in [7, 11) is 0. The summed E-state index contributed by atoms with van der Waals surface area (Å²) in [5.41, 5.74) is 4.33. The molecule has 3 aromatic rings. The highest BCUT2D eigenvalue weighted by Gasteiger charge is 2.07. The Kier molecular flexibility index (Phi) is 3.72. The van der Waals surface area contributed by atoms with Gasteiger partial charge >= 0.3 is 0 Å². The van der Waals surface area contributed by atoms with Crippen LogP contribution in [0, 0.1) is 0 Å². The van der Waals surface area contributed by atoms with Gasteiger partial charge < -0.3 is 5.32 Å². The molecule has 1 aromatic carbocycles. The maximum absolute atomic E-state index is 6.26. The highest BCUT2D eigenvalue weighted by molar-refractivity contribution is 6.31. The van der Waals surface area contributed by atoms with Crippen molar-refractivity contribution in [3.8, 4) is 11.3 Å². The van der Waals surface area contributed by atoms with Gasteiger partial charge in [-0.05, 0) is 41.9 Å². The first-order valence-electron chi connectivity index (χ1n) is 6.71. The molecule has 0 aliphatic rings. The number of benzene rings is 1. The number of imidazole rings is 1. The Balaban J connectivity index is 2.07. The Morgan fingerprint density at radius 1 is 1.25 bits per heavy atom. The third kappa shape index (κ3) is 2.42. The Hall–Kier alpha value is -1.84. The van der Waals surface area contributed by atoms with Crippen molar-refractivity contribution in [3.63, 3.8) is 0 Å². The SMILES string of the molecule is CCNCc1cc(-c2cccc3nccn23)ccc1Cl. The number of halogens is 1. The number of nitrogens with zero attached hydrogens (tertiary/aromatic N) is 2. The van der Waals surface area contributed by atoms with Gasteiger partial charge in [-0.3, -0.25) is 4.40 Å². The highest BCUT2D eigenvalue weighted by atomic mass is 35.5. The standard InChI is InChI=1S/C16H16ClN3/c1-2-18-11-13-10-12(6-7-14(13)17)15-4-3-5-16-19-8-9-20(15)16/h3-10,18H,2,11H2,1H3. The topological polar surface area (TPSA) is 29.3 Å². The second-order valence-electron chi connectivity index (χ2n) is 4.65. The third-order valence-electron chi connectivity index (χ3n) is 3.34. The van der Waals surface area contributed by atoms with Gasteiger partial charge in [0.05, 0.1) is 5.69 Å². The summed E-state index contributed by atoms with van der Waals surface area (Å²) in [4.78, 5) is 4.32. The second kappa shape index (κ2) is 5.65. The van der Waals surface area contributed by atoms with E-state index < -0.39 is 0 Å². The van der Waals surface area contributed by atoms with E-state index in [0.717, 1.165) is 40.6 Å². The van der Waals surface area contributed by atoms with E-state index in [9.17, 15) is 0 Å². The van der Waals surface area contributed by atoms with E-state index in [2.05, 4.69) is 33.8 Å². The van der Waals surface area contributed by atoms with Gasteiger partial charge in [0, 0.05) is 24.0 Å². The molecule has 4 heteroatoms. The molecule has 0 saturated heterocycles. The van der Waals surface area contributed by atoms with Gasteiger partial charge in [-0.1, -0.05) is 30.7 Å². The van der Waals surface area contributed by atoms with Gasteiger partial charge in [-0.2, -0.15) is 0 Å². The molecule has 0 spiro atoms. The molecule has 0 unspecified atom stereocenters. The fourth-order valence-corrected chi connectivity index (χ4v) is 2.50. The zero-order valence-electron chi connectivity index (χ0n) is 11.3. The number of rotatable bonds is 4. The predicted octanol–water partition coefficient (Wildman–Crippen LogP) is 3.76. The highest BCUT2D eigenvalue weighted by Crippen LogP contribution is 2.25. The maximum Gasteiger partial charge on any atom is 0.137 e. The van der Waals surface area contributed by atoms with Crippen LogP contribution in [0.1, 0.15) is 12.5 Å². The molecule has 0 radical (unpaired) electrons. The van der Waals surface area contributed by atoms with E-state index in [1.165, 1.54) is 0 Å². The molecule has 2 aromatic heterocycles. The molecule has 0 aliphatic heterocycles. The number of aromatic nitrogens is 2. The van der Waals surface area contributed by atoms with Crippen LogP contribution in [0.2, 0.25) is 5.02 Å². The fourth-order valence-electron chi connectivity index (χ4n) is 2.31. The average molecular weight is 286 g/mol. The predicted molar refractivity (Wildman–Crippen MR) is 83.0 cm³/mol. The van der Waals surface area contributed by atoms with Crippen LogP contribution < -0.4 is 5.32 Å². The maximum atomic E-state index is 6.26. The van der Waals surface area contributed by atoms with Crippen molar-refractivity contribution in [2.24, 2.45) is 0 Å². The Morgan fingerprint density at radius 3 is 3.00 bits per heavy atom. The van der Waals surface area contributed by atoms with Crippen LogP contribution in [0.4, 0.5) is 0 Å². The van der Waals surface area contributed by atoms with Crippen molar-refractivity contribution in [1.29, 1.82) is 0 Å². The van der Waals surface area contributed by atoms with Crippen molar-refractivity contribution < 1.29 is 0 Å². The first-order chi connectivity index (χ1) is 9.79. The number of hydrogen-bond acceptors (Lipinski definition) is 2. The lowest BCUT2D eigenvalue weighted by atomic mass is 10.1. The molecule has 3 nitrogen and oxygen atoms in total. The molecular weight excluding hydrogens is 270 g/mol. The smallest absolute Gasteiger partial charge is 0.137 e.